The Morgan fingerprint density at radius 3 is 2.70 bits per heavy atom. The summed E-state index contributed by atoms with van der Waals surface area (Å²) < 4.78 is 11.5. The fourth-order valence-corrected chi connectivity index (χ4v) is 3.28. The van der Waals surface area contributed by atoms with Crippen molar-refractivity contribution in [2.45, 2.75) is 51.5 Å². The zero-order valence-electron chi connectivity index (χ0n) is 16.0. The Morgan fingerprint density at radius 2 is 2.04 bits per heavy atom. The second-order valence-corrected chi connectivity index (χ2v) is 7.14. The van der Waals surface area contributed by atoms with Crippen LogP contribution in [-0.4, -0.2) is 24.7 Å². The van der Waals surface area contributed by atoms with E-state index in [0.29, 0.717) is 13.2 Å². The lowest BCUT2D eigenvalue weighted by Crippen LogP contribution is -2.36. The molecule has 3 N–H and O–H groups in total. The predicted molar refractivity (Wildman–Crippen MR) is 105 cm³/mol. The molecule has 1 aliphatic rings. The number of nitrogens with two attached hydrogens (primary N) is 1. The van der Waals surface area contributed by atoms with Crippen molar-refractivity contribution in [2.75, 3.05) is 6.54 Å². The molecule has 0 aromatic heterocycles. The molecular weight excluding hydrogens is 340 g/mol. The van der Waals surface area contributed by atoms with E-state index in [2.05, 4.69) is 30.4 Å². The summed E-state index contributed by atoms with van der Waals surface area (Å²) in [6.07, 6.45) is 1.18. The fraction of sp³-hybridized carbons (Fsp3) is 0.409. The molecule has 3 atom stereocenters. The van der Waals surface area contributed by atoms with Gasteiger partial charge in [0.15, 0.2) is 0 Å². The second-order valence-electron chi connectivity index (χ2n) is 7.14. The van der Waals surface area contributed by atoms with E-state index < -0.39 is 6.10 Å². The van der Waals surface area contributed by atoms with Gasteiger partial charge in [-0.2, -0.15) is 0 Å². The van der Waals surface area contributed by atoms with Gasteiger partial charge in [0.1, 0.15) is 18.5 Å². The molecule has 5 heteroatoms. The third-order valence-corrected chi connectivity index (χ3v) is 4.89. The van der Waals surface area contributed by atoms with Crippen LogP contribution in [0.3, 0.4) is 0 Å². The average Bonchev–Trinajstić information content (AvgIpc) is 3.16. The van der Waals surface area contributed by atoms with Crippen molar-refractivity contribution < 1.29 is 14.3 Å². The van der Waals surface area contributed by atoms with Crippen LogP contribution in [0.4, 0.5) is 0 Å². The molecule has 1 unspecified atom stereocenters. The van der Waals surface area contributed by atoms with E-state index in [1.807, 2.05) is 37.3 Å². The summed E-state index contributed by atoms with van der Waals surface area (Å²) in [5.41, 5.74) is 9.00. The second kappa shape index (κ2) is 9.02. The first-order valence-corrected chi connectivity index (χ1v) is 9.49. The number of nitrogens with one attached hydrogen (secondary N) is 1. The van der Waals surface area contributed by atoms with Crippen LogP contribution >= 0.6 is 0 Å². The zero-order chi connectivity index (χ0) is 19.2. The summed E-state index contributed by atoms with van der Waals surface area (Å²) in [6.45, 7) is 5.04. The monoisotopic (exact) mass is 368 g/mol. The van der Waals surface area contributed by atoms with Crippen LogP contribution in [0.5, 0.6) is 5.75 Å². The number of carbonyl (C=O) groups is 1. The van der Waals surface area contributed by atoms with Crippen LogP contribution in [0.15, 0.2) is 48.5 Å². The number of rotatable bonds is 7. The van der Waals surface area contributed by atoms with Crippen LogP contribution in [0.2, 0.25) is 0 Å². The maximum atomic E-state index is 12.3. The highest BCUT2D eigenvalue weighted by molar-refractivity contribution is 5.81. The molecule has 0 radical (unpaired) electrons. The molecule has 1 fully saturated rings. The summed E-state index contributed by atoms with van der Waals surface area (Å²) >= 11 is 0. The summed E-state index contributed by atoms with van der Waals surface area (Å²) in [7, 11) is 0. The molecule has 144 valence electrons. The maximum absolute atomic E-state index is 12.3. The van der Waals surface area contributed by atoms with Crippen molar-refractivity contribution >= 4 is 5.91 Å². The highest BCUT2D eigenvalue weighted by Gasteiger charge is 2.30. The van der Waals surface area contributed by atoms with Crippen LogP contribution in [-0.2, 0) is 16.1 Å². The minimum Gasteiger partial charge on any atom is -0.489 e. The Morgan fingerprint density at radius 1 is 1.26 bits per heavy atom. The lowest BCUT2D eigenvalue weighted by atomic mass is 10.1. The zero-order valence-corrected chi connectivity index (χ0v) is 16.0. The molecule has 2 aromatic rings. The summed E-state index contributed by atoms with van der Waals surface area (Å²) in [4.78, 5) is 12.3. The van der Waals surface area contributed by atoms with Crippen molar-refractivity contribution in [1.29, 1.82) is 0 Å². The molecule has 5 nitrogen and oxygen atoms in total. The Bertz CT molecular complexity index is 760. The quantitative estimate of drug-likeness (QED) is 0.787. The molecule has 0 spiro atoms. The van der Waals surface area contributed by atoms with Crippen LogP contribution in [0.25, 0.3) is 0 Å². The van der Waals surface area contributed by atoms with E-state index in [-0.39, 0.29) is 18.1 Å². The molecule has 0 bridgehead atoms. The largest absolute Gasteiger partial charge is 0.489 e. The van der Waals surface area contributed by atoms with Gasteiger partial charge in [0, 0.05) is 6.54 Å². The average molecular weight is 368 g/mol. The molecular formula is C22H28N2O3. The van der Waals surface area contributed by atoms with Gasteiger partial charge in [0.25, 0.3) is 0 Å². The van der Waals surface area contributed by atoms with Gasteiger partial charge in [0.05, 0.1) is 12.1 Å². The normalized spacial score (nSPS) is 20.3. The lowest BCUT2D eigenvalue weighted by molar-refractivity contribution is -0.132. The van der Waals surface area contributed by atoms with Gasteiger partial charge < -0.3 is 20.5 Å². The molecule has 1 aliphatic heterocycles. The van der Waals surface area contributed by atoms with Crippen molar-refractivity contribution in [1.82, 2.24) is 5.32 Å². The van der Waals surface area contributed by atoms with Crippen molar-refractivity contribution in [2.24, 2.45) is 5.73 Å². The smallest absolute Gasteiger partial charge is 0.249 e. The molecule has 27 heavy (non-hydrogen) atoms. The molecule has 1 saturated heterocycles. The Labute approximate surface area is 160 Å². The van der Waals surface area contributed by atoms with E-state index in [9.17, 15) is 4.79 Å². The van der Waals surface area contributed by atoms with E-state index in [1.165, 1.54) is 5.56 Å². The van der Waals surface area contributed by atoms with Gasteiger partial charge in [-0.1, -0.05) is 42.0 Å². The summed E-state index contributed by atoms with van der Waals surface area (Å²) in [6, 6.07) is 16.0. The van der Waals surface area contributed by atoms with E-state index in [1.54, 1.807) is 0 Å². The Hall–Kier alpha value is -2.37. The number of aryl methyl sites for hydroxylation is 1. The Balaban J connectivity index is 1.51. The standard InChI is InChI=1S/C22H28N2O3/c1-15-4-3-5-17(12-15)14-26-19-8-6-18(7-9-19)16(2)24-22(25)21-11-10-20(13-23)27-21/h3-9,12,16,20-21H,10-11,13-14,23H2,1-2H3,(H,24,25)/t16?,20-,21+/m1/s1. The first kappa shape index (κ1) is 19.4. The number of benzene rings is 2. The third kappa shape index (κ3) is 5.31. The SMILES string of the molecule is Cc1cccc(COc2ccc(C(C)NC(=O)[C@@H]3CC[C@H](CN)O3)cc2)c1. The van der Waals surface area contributed by atoms with E-state index >= 15 is 0 Å². The maximum Gasteiger partial charge on any atom is 0.249 e. The minimum atomic E-state index is -0.391. The fourth-order valence-electron chi connectivity index (χ4n) is 3.28. The minimum absolute atomic E-state index is 0.000824. The number of amides is 1. The predicted octanol–water partition coefficient (Wildman–Crippen LogP) is 3.26. The van der Waals surface area contributed by atoms with Crippen LogP contribution in [0.1, 0.15) is 42.5 Å². The molecule has 1 heterocycles. The molecule has 1 amide bonds. The number of carbonyl (C=O) groups excluding carboxylic acids is 1. The van der Waals surface area contributed by atoms with Gasteiger partial charge in [-0.15, -0.1) is 0 Å². The molecule has 0 saturated carbocycles. The topological polar surface area (TPSA) is 73.6 Å². The Kier molecular flexibility index (Phi) is 6.48. The molecule has 0 aliphatic carbocycles. The number of hydrogen-bond donors (Lipinski definition) is 2. The van der Waals surface area contributed by atoms with Gasteiger partial charge >= 0.3 is 0 Å². The first-order chi connectivity index (χ1) is 13.0. The number of ether oxygens (including phenoxy) is 2. The first-order valence-electron chi connectivity index (χ1n) is 9.49. The van der Waals surface area contributed by atoms with E-state index in [4.69, 9.17) is 15.2 Å². The lowest BCUT2D eigenvalue weighted by Gasteiger charge is -2.18. The number of hydrogen-bond acceptors (Lipinski definition) is 4. The highest BCUT2D eigenvalue weighted by atomic mass is 16.5. The molecule has 3 rings (SSSR count). The molecule has 2 aromatic carbocycles. The highest BCUT2D eigenvalue weighted by Crippen LogP contribution is 2.22. The van der Waals surface area contributed by atoms with Gasteiger partial charge in [-0.05, 0) is 49.9 Å². The van der Waals surface area contributed by atoms with Crippen molar-refractivity contribution in [3.05, 3.63) is 65.2 Å². The van der Waals surface area contributed by atoms with E-state index in [0.717, 1.165) is 29.7 Å². The van der Waals surface area contributed by atoms with Gasteiger partial charge in [0.2, 0.25) is 5.91 Å². The van der Waals surface area contributed by atoms with Crippen molar-refractivity contribution in [3.8, 4) is 5.75 Å². The summed E-state index contributed by atoms with van der Waals surface area (Å²) in [5, 5.41) is 3.02. The van der Waals surface area contributed by atoms with Crippen LogP contribution in [0, 0.1) is 6.92 Å². The van der Waals surface area contributed by atoms with Crippen LogP contribution < -0.4 is 15.8 Å². The van der Waals surface area contributed by atoms with Crippen molar-refractivity contribution in [3.63, 3.8) is 0 Å². The van der Waals surface area contributed by atoms with Gasteiger partial charge in [-0.3, -0.25) is 4.79 Å². The summed E-state index contributed by atoms with van der Waals surface area (Å²) in [5.74, 6) is 0.738. The van der Waals surface area contributed by atoms with Gasteiger partial charge in [-0.25, -0.2) is 0 Å². The third-order valence-electron chi connectivity index (χ3n) is 4.89.